The topological polar surface area (TPSA) is 39.9 Å². The Morgan fingerprint density at radius 3 is 2.58 bits per heavy atom. The normalized spacial score (nSPS) is 11.1. The van der Waals surface area contributed by atoms with Crippen molar-refractivity contribution < 1.29 is 4.74 Å². The lowest BCUT2D eigenvalue weighted by molar-refractivity contribution is 0.185. The van der Waals surface area contributed by atoms with Crippen LogP contribution in [-0.2, 0) is 17.0 Å². The van der Waals surface area contributed by atoms with Gasteiger partial charge in [0.2, 0.25) is 0 Å². The zero-order chi connectivity index (χ0) is 18.5. The number of aromatic nitrogens is 3. The van der Waals surface area contributed by atoms with E-state index in [0.29, 0.717) is 18.2 Å². The van der Waals surface area contributed by atoms with Gasteiger partial charge in [0.05, 0.1) is 13.2 Å². The summed E-state index contributed by atoms with van der Waals surface area (Å²) in [5.74, 6) is 1.70. The molecule has 3 aromatic rings. The molecule has 1 aromatic heterocycles. The Bertz CT molecular complexity index is 877. The summed E-state index contributed by atoms with van der Waals surface area (Å²) in [4.78, 5) is 0. The van der Waals surface area contributed by atoms with Crippen LogP contribution in [0.1, 0.15) is 16.7 Å². The van der Waals surface area contributed by atoms with Crippen LogP contribution in [0.25, 0.3) is 11.4 Å². The molecule has 0 saturated carbocycles. The Morgan fingerprint density at radius 1 is 1.08 bits per heavy atom. The Labute approximate surface area is 163 Å². The van der Waals surface area contributed by atoms with Gasteiger partial charge in [0, 0.05) is 23.4 Å². The van der Waals surface area contributed by atoms with E-state index >= 15 is 0 Å². The number of ether oxygens (including phenoxy) is 1. The molecule has 136 valence electrons. The minimum absolute atomic E-state index is 0.607. The summed E-state index contributed by atoms with van der Waals surface area (Å²) in [6.45, 7) is 5.57. The fourth-order valence-corrected chi connectivity index (χ4v) is 3.84. The molecule has 2 aromatic carbocycles. The third-order valence-corrected chi connectivity index (χ3v) is 5.47. The number of nitrogens with zero attached hydrogens (tertiary/aromatic N) is 3. The van der Waals surface area contributed by atoms with E-state index in [-0.39, 0.29) is 0 Å². The van der Waals surface area contributed by atoms with Gasteiger partial charge in [-0.3, -0.25) is 4.57 Å². The average Bonchev–Trinajstić information content (AvgIpc) is 3.04. The van der Waals surface area contributed by atoms with Crippen LogP contribution in [0, 0.1) is 13.8 Å². The van der Waals surface area contributed by atoms with Crippen molar-refractivity contribution in [3.05, 3.63) is 64.2 Å². The van der Waals surface area contributed by atoms with E-state index in [1.807, 2.05) is 24.3 Å². The largest absolute Gasteiger partial charge is 0.383 e. The van der Waals surface area contributed by atoms with Gasteiger partial charge in [0.15, 0.2) is 11.0 Å². The predicted molar refractivity (Wildman–Crippen MR) is 108 cm³/mol. The molecule has 0 radical (unpaired) electrons. The van der Waals surface area contributed by atoms with Gasteiger partial charge >= 0.3 is 0 Å². The van der Waals surface area contributed by atoms with E-state index in [1.165, 1.54) is 16.7 Å². The molecular formula is C20H22ClN3OS. The minimum atomic E-state index is 0.607. The van der Waals surface area contributed by atoms with E-state index < -0.39 is 0 Å². The highest BCUT2D eigenvalue weighted by molar-refractivity contribution is 7.98. The Morgan fingerprint density at radius 2 is 1.85 bits per heavy atom. The molecule has 0 unspecified atom stereocenters. The summed E-state index contributed by atoms with van der Waals surface area (Å²) in [5, 5.41) is 10.4. The first-order valence-corrected chi connectivity index (χ1v) is 9.82. The molecule has 0 atom stereocenters. The fourth-order valence-electron chi connectivity index (χ4n) is 2.69. The Balaban J connectivity index is 1.86. The quantitative estimate of drug-likeness (QED) is 0.525. The smallest absolute Gasteiger partial charge is 0.191 e. The van der Waals surface area contributed by atoms with Gasteiger partial charge in [-0.1, -0.05) is 47.1 Å². The number of hydrogen-bond acceptors (Lipinski definition) is 4. The number of thioether (sulfide) groups is 1. The molecule has 0 aliphatic heterocycles. The molecule has 6 heteroatoms. The lowest BCUT2D eigenvalue weighted by Gasteiger charge is -2.11. The first-order valence-electron chi connectivity index (χ1n) is 8.45. The maximum Gasteiger partial charge on any atom is 0.191 e. The van der Waals surface area contributed by atoms with Crippen LogP contribution >= 0.6 is 23.4 Å². The summed E-state index contributed by atoms with van der Waals surface area (Å²) in [5.41, 5.74) is 4.89. The van der Waals surface area contributed by atoms with Crippen LogP contribution in [0.4, 0.5) is 0 Å². The van der Waals surface area contributed by atoms with Gasteiger partial charge in [0.25, 0.3) is 0 Å². The standard InChI is InChI=1S/C20H22ClN3OS/c1-14-4-5-15(2)17(12-14)13-26-20-23-22-19(24(20)10-11-25-3)16-6-8-18(21)9-7-16/h4-9,12H,10-11,13H2,1-3H3. The third kappa shape index (κ3) is 4.47. The summed E-state index contributed by atoms with van der Waals surface area (Å²) in [6, 6.07) is 14.2. The zero-order valence-corrected chi connectivity index (χ0v) is 16.8. The van der Waals surface area contributed by atoms with Gasteiger partial charge in [-0.2, -0.15) is 0 Å². The van der Waals surface area contributed by atoms with Crippen molar-refractivity contribution in [2.75, 3.05) is 13.7 Å². The molecule has 0 amide bonds. The van der Waals surface area contributed by atoms with Crippen LogP contribution in [0.3, 0.4) is 0 Å². The summed E-state index contributed by atoms with van der Waals surface area (Å²) in [6.07, 6.45) is 0. The second-order valence-electron chi connectivity index (χ2n) is 6.18. The molecule has 1 heterocycles. The number of rotatable bonds is 7. The summed E-state index contributed by atoms with van der Waals surface area (Å²) >= 11 is 7.71. The highest BCUT2D eigenvalue weighted by Crippen LogP contribution is 2.28. The van der Waals surface area contributed by atoms with Crippen LogP contribution in [0.5, 0.6) is 0 Å². The SMILES string of the molecule is COCCn1c(SCc2cc(C)ccc2C)nnc1-c1ccc(Cl)cc1. The molecule has 0 aliphatic rings. The molecule has 0 saturated heterocycles. The van der Waals surface area contributed by atoms with Crippen LogP contribution < -0.4 is 0 Å². The van der Waals surface area contributed by atoms with Crippen molar-refractivity contribution in [1.29, 1.82) is 0 Å². The second kappa shape index (κ2) is 8.71. The highest BCUT2D eigenvalue weighted by atomic mass is 35.5. The first-order chi connectivity index (χ1) is 12.6. The van der Waals surface area contributed by atoms with Gasteiger partial charge in [-0.05, 0) is 49.2 Å². The van der Waals surface area contributed by atoms with Crippen molar-refractivity contribution in [1.82, 2.24) is 14.8 Å². The molecule has 0 fully saturated rings. The third-order valence-electron chi connectivity index (χ3n) is 4.20. The van der Waals surface area contributed by atoms with E-state index in [0.717, 1.165) is 22.3 Å². The van der Waals surface area contributed by atoms with Crippen molar-refractivity contribution >= 4 is 23.4 Å². The van der Waals surface area contributed by atoms with Gasteiger partial charge in [0.1, 0.15) is 0 Å². The number of methoxy groups -OCH3 is 1. The van der Waals surface area contributed by atoms with Crippen molar-refractivity contribution in [2.24, 2.45) is 0 Å². The average molecular weight is 388 g/mol. The van der Waals surface area contributed by atoms with Crippen LogP contribution in [0.15, 0.2) is 47.6 Å². The predicted octanol–water partition coefficient (Wildman–Crippen LogP) is 5.15. The van der Waals surface area contributed by atoms with Crippen molar-refractivity contribution in [3.63, 3.8) is 0 Å². The maximum atomic E-state index is 6.01. The number of aryl methyl sites for hydroxylation is 2. The van der Waals surface area contributed by atoms with Gasteiger partial charge in [-0.25, -0.2) is 0 Å². The highest BCUT2D eigenvalue weighted by Gasteiger charge is 2.15. The summed E-state index contributed by atoms with van der Waals surface area (Å²) in [7, 11) is 1.70. The monoisotopic (exact) mass is 387 g/mol. The number of benzene rings is 2. The lowest BCUT2D eigenvalue weighted by Crippen LogP contribution is -2.07. The lowest BCUT2D eigenvalue weighted by atomic mass is 10.1. The summed E-state index contributed by atoms with van der Waals surface area (Å²) < 4.78 is 7.38. The zero-order valence-electron chi connectivity index (χ0n) is 15.2. The van der Waals surface area contributed by atoms with E-state index in [1.54, 1.807) is 18.9 Å². The maximum absolute atomic E-state index is 6.01. The Hall–Kier alpha value is -1.82. The molecule has 0 bridgehead atoms. The Kier molecular flexibility index (Phi) is 6.35. The molecule has 4 nitrogen and oxygen atoms in total. The van der Waals surface area contributed by atoms with Gasteiger partial charge in [-0.15, -0.1) is 10.2 Å². The van der Waals surface area contributed by atoms with Crippen molar-refractivity contribution in [2.45, 2.75) is 31.3 Å². The van der Waals surface area contributed by atoms with Crippen molar-refractivity contribution in [3.8, 4) is 11.4 Å². The molecule has 26 heavy (non-hydrogen) atoms. The van der Waals surface area contributed by atoms with E-state index in [9.17, 15) is 0 Å². The fraction of sp³-hybridized carbons (Fsp3) is 0.300. The number of hydrogen-bond donors (Lipinski definition) is 0. The first kappa shape index (κ1) is 19.0. The van der Waals surface area contributed by atoms with Crippen LogP contribution in [-0.4, -0.2) is 28.5 Å². The second-order valence-corrected chi connectivity index (χ2v) is 7.56. The van der Waals surface area contributed by atoms with E-state index in [4.69, 9.17) is 16.3 Å². The molecule has 0 spiro atoms. The van der Waals surface area contributed by atoms with E-state index in [2.05, 4.69) is 46.8 Å². The molecular weight excluding hydrogens is 366 g/mol. The molecule has 0 N–H and O–H groups in total. The molecule has 3 rings (SSSR count). The number of halogens is 1. The minimum Gasteiger partial charge on any atom is -0.383 e. The van der Waals surface area contributed by atoms with Gasteiger partial charge < -0.3 is 4.74 Å². The molecule has 0 aliphatic carbocycles. The van der Waals surface area contributed by atoms with Crippen LogP contribution in [0.2, 0.25) is 5.02 Å².